The molecule has 1 aliphatic heterocycles. The summed E-state index contributed by atoms with van der Waals surface area (Å²) < 4.78 is 33.2. The number of benzene rings is 3. The predicted octanol–water partition coefficient (Wildman–Crippen LogP) is 6.55. The molecule has 1 atom stereocenters. The first-order valence-corrected chi connectivity index (χ1v) is 18.7. The molecule has 0 fully saturated rings. The van der Waals surface area contributed by atoms with Crippen LogP contribution in [0.3, 0.4) is 0 Å². The Hall–Kier alpha value is -3.48. The maximum absolute atomic E-state index is 14.1. The van der Waals surface area contributed by atoms with Crippen LogP contribution in [0.15, 0.2) is 111 Å². The standard InChI is InChI=1S/C35H37BrFN3O4SSi/c1-5-43-34(41)30-29(39-32(33-38-18-21-45-33)40-31(30)27-17-16-24(37)22-28(27)36)23-42-19-20-44-46(35(2,3)4,25-12-8-6-9-13-25)26-14-10-7-11-15-26/h6-18,21-22,31H,5,19-20,23H2,1-4H3,(H,39,40). The van der Waals surface area contributed by atoms with E-state index in [0.29, 0.717) is 38.8 Å². The Kier molecular flexibility index (Phi) is 11.0. The zero-order valence-corrected chi connectivity index (χ0v) is 29.7. The van der Waals surface area contributed by atoms with Gasteiger partial charge in [0.15, 0.2) is 10.8 Å². The zero-order chi connectivity index (χ0) is 32.7. The first kappa shape index (κ1) is 33.9. The number of nitrogens with zero attached hydrogens (tertiary/aromatic N) is 2. The molecule has 1 aromatic heterocycles. The van der Waals surface area contributed by atoms with Gasteiger partial charge < -0.3 is 19.2 Å². The zero-order valence-electron chi connectivity index (χ0n) is 26.3. The van der Waals surface area contributed by atoms with Crippen molar-refractivity contribution in [1.29, 1.82) is 0 Å². The fourth-order valence-corrected chi connectivity index (χ4v) is 11.4. The summed E-state index contributed by atoms with van der Waals surface area (Å²) in [6.45, 7) is 9.32. The molecule has 240 valence electrons. The summed E-state index contributed by atoms with van der Waals surface area (Å²) in [6, 6.07) is 24.4. The second-order valence-electron chi connectivity index (χ2n) is 11.7. The van der Waals surface area contributed by atoms with E-state index in [2.05, 4.69) is 95.5 Å². The van der Waals surface area contributed by atoms with Crippen molar-refractivity contribution in [3.63, 3.8) is 0 Å². The van der Waals surface area contributed by atoms with Crippen LogP contribution in [0, 0.1) is 5.82 Å². The Bertz CT molecular complexity index is 1660. The van der Waals surface area contributed by atoms with Gasteiger partial charge in [-0.15, -0.1) is 11.3 Å². The number of carbonyl (C=O) groups excluding carboxylic acids is 1. The number of carbonyl (C=O) groups is 1. The van der Waals surface area contributed by atoms with Crippen LogP contribution in [-0.2, 0) is 18.7 Å². The highest BCUT2D eigenvalue weighted by molar-refractivity contribution is 9.10. The summed E-state index contributed by atoms with van der Waals surface area (Å²) in [4.78, 5) is 22.7. The molecule has 1 unspecified atom stereocenters. The molecule has 0 saturated carbocycles. The maximum Gasteiger partial charge on any atom is 0.338 e. The number of hydrogen-bond donors (Lipinski definition) is 1. The van der Waals surface area contributed by atoms with E-state index in [9.17, 15) is 9.18 Å². The minimum Gasteiger partial charge on any atom is -0.463 e. The fraction of sp³-hybridized carbons (Fsp3) is 0.286. The van der Waals surface area contributed by atoms with Gasteiger partial charge >= 0.3 is 5.97 Å². The van der Waals surface area contributed by atoms with Crippen molar-refractivity contribution in [1.82, 2.24) is 10.3 Å². The first-order chi connectivity index (χ1) is 22.2. The molecule has 5 rings (SSSR count). The van der Waals surface area contributed by atoms with Crippen LogP contribution in [0.25, 0.3) is 0 Å². The van der Waals surface area contributed by atoms with E-state index in [1.54, 1.807) is 19.2 Å². The quantitative estimate of drug-likeness (QED) is 0.102. The van der Waals surface area contributed by atoms with Crippen LogP contribution < -0.4 is 15.7 Å². The lowest BCUT2D eigenvalue weighted by Crippen LogP contribution is -2.66. The number of amidine groups is 1. The van der Waals surface area contributed by atoms with Crippen LogP contribution in [0.2, 0.25) is 5.04 Å². The molecule has 11 heteroatoms. The number of aromatic nitrogens is 1. The molecule has 0 bridgehead atoms. The Morgan fingerprint density at radius 3 is 2.26 bits per heavy atom. The van der Waals surface area contributed by atoms with Gasteiger partial charge in [-0.3, -0.25) is 4.99 Å². The van der Waals surface area contributed by atoms with Gasteiger partial charge in [0.2, 0.25) is 0 Å². The average molecular weight is 723 g/mol. The molecule has 7 nitrogen and oxygen atoms in total. The summed E-state index contributed by atoms with van der Waals surface area (Å²) in [5.41, 5.74) is 1.42. The molecular weight excluding hydrogens is 685 g/mol. The number of halogens is 2. The lowest BCUT2D eigenvalue weighted by Gasteiger charge is -2.43. The number of ether oxygens (including phenoxy) is 2. The molecule has 0 saturated heterocycles. The lowest BCUT2D eigenvalue weighted by molar-refractivity contribution is -0.139. The highest BCUT2D eigenvalue weighted by Crippen LogP contribution is 2.38. The molecular formula is C35H37BrFN3O4SSi. The van der Waals surface area contributed by atoms with Crippen molar-refractivity contribution in [3.05, 3.63) is 123 Å². The third-order valence-corrected chi connectivity index (χ3v) is 14.2. The predicted molar refractivity (Wildman–Crippen MR) is 187 cm³/mol. The number of hydrogen-bond acceptors (Lipinski definition) is 8. The molecule has 3 aromatic carbocycles. The van der Waals surface area contributed by atoms with Gasteiger partial charge in [-0.2, -0.15) is 0 Å². The molecule has 46 heavy (non-hydrogen) atoms. The highest BCUT2D eigenvalue weighted by atomic mass is 79.9. The van der Waals surface area contributed by atoms with Crippen LogP contribution in [-0.4, -0.2) is 51.5 Å². The Balaban J connectivity index is 1.43. The minimum atomic E-state index is -2.74. The third-order valence-electron chi connectivity index (χ3n) is 7.72. The van der Waals surface area contributed by atoms with E-state index in [1.165, 1.54) is 33.8 Å². The number of aliphatic imine (C=N–C) groups is 1. The van der Waals surface area contributed by atoms with Gasteiger partial charge in [0.1, 0.15) is 11.9 Å². The minimum absolute atomic E-state index is 0.0674. The van der Waals surface area contributed by atoms with E-state index in [4.69, 9.17) is 18.9 Å². The van der Waals surface area contributed by atoms with Crippen molar-refractivity contribution in [2.45, 2.75) is 38.8 Å². The van der Waals surface area contributed by atoms with Crippen molar-refractivity contribution in [2.24, 2.45) is 4.99 Å². The number of nitrogens with one attached hydrogen (secondary N) is 1. The molecule has 0 amide bonds. The SMILES string of the molecule is CCOC(=O)C1=C(COCCO[Si](c2ccccc2)(c2ccccc2)C(C)(C)C)NC(c2nccs2)=NC1c1ccc(F)cc1Br. The molecule has 0 spiro atoms. The largest absolute Gasteiger partial charge is 0.463 e. The lowest BCUT2D eigenvalue weighted by atomic mass is 9.95. The van der Waals surface area contributed by atoms with Crippen LogP contribution >= 0.6 is 27.3 Å². The molecule has 2 heterocycles. The normalized spacial score (nSPS) is 15.3. The van der Waals surface area contributed by atoms with Gasteiger partial charge in [0.25, 0.3) is 8.32 Å². The smallest absolute Gasteiger partial charge is 0.338 e. The second kappa shape index (κ2) is 15.0. The van der Waals surface area contributed by atoms with E-state index in [-0.39, 0.29) is 24.9 Å². The van der Waals surface area contributed by atoms with E-state index >= 15 is 0 Å². The second-order valence-corrected chi connectivity index (χ2v) is 17.7. The number of esters is 1. The topological polar surface area (TPSA) is 82.0 Å². The van der Waals surface area contributed by atoms with Crippen molar-refractivity contribution in [3.8, 4) is 0 Å². The summed E-state index contributed by atoms with van der Waals surface area (Å²) in [5, 5.41) is 8.00. The van der Waals surface area contributed by atoms with Crippen molar-refractivity contribution < 1.29 is 23.1 Å². The molecule has 0 aliphatic carbocycles. The maximum atomic E-state index is 14.1. The van der Waals surface area contributed by atoms with E-state index in [1.807, 2.05) is 17.5 Å². The highest BCUT2D eigenvalue weighted by Gasteiger charge is 2.50. The Morgan fingerprint density at radius 1 is 1.02 bits per heavy atom. The fourth-order valence-electron chi connectivity index (χ4n) is 5.75. The van der Waals surface area contributed by atoms with Crippen molar-refractivity contribution in [2.75, 3.05) is 26.4 Å². The summed E-state index contributed by atoms with van der Waals surface area (Å²) in [5.74, 6) is -0.438. The number of rotatable bonds is 12. The van der Waals surface area contributed by atoms with Gasteiger partial charge in [0, 0.05) is 16.0 Å². The van der Waals surface area contributed by atoms with Gasteiger partial charge in [-0.25, -0.2) is 14.2 Å². The monoisotopic (exact) mass is 721 g/mol. The molecule has 0 radical (unpaired) electrons. The van der Waals surface area contributed by atoms with Gasteiger partial charge in [-0.1, -0.05) is 103 Å². The van der Waals surface area contributed by atoms with Crippen LogP contribution in [0.5, 0.6) is 0 Å². The molecule has 4 aromatic rings. The van der Waals surface area contributed by atoms with Crippen LogP contribution in [0.1, 0.15) is 44.3 Å². The number of thiazole rings is 1. The first-order valence-electron chi connectivity index (χ1n) is 15.1. The van der Waals surface area contributed by atoms with E-state index < -0.39 is 26.1 Å². The van der Waals surface area contributed by atoms with Crippen LogP contribution in [0.4, 0.5) is 4.39 Å². The molecule has 1 aliphatic rings. The Labute approximate surface area is 282 Å². The van der Waals surface area contributed by atoms with Gasteiger partial charge in [-0.05, 0) is 40.0 Å². The van der Waals surface area contributed by atoms with Crippen molar-refractivity contribution >= 4 is 57.8 Å². The van der Waals surface area contributed by atoms with Gasteiger partial charge in [0.05, 0.1) is 37.7 Å². The summed E-state index contributed by atoms with van der Waals surface area (Å²) in [6.07, 6.45) is 1.69. The third kappa shape index (κ3) is 7.23. The summed E-state index contributed by atoms with van der Waals surface area (Å²) >= 11 is 4.89. The van der Waals surface area contributed by atoms with E-state index in [0.717, 1.165) is 0 Å². The summed E-state index contributed by atoms with van der Waals surface area (Å²) in [7, 11) is -2.74. The molecule has 1 N–H and O–H groups in total. The average Bonchev–Trinajstić information content (AvgIpc) is 3.58. The Morgan fingerprint density at radius 2 is 1.70 bits per heavy atom.